The Labute approximate surface area is 133 Å². The lowest BCUT2D eigenvalue weighted by Gasteiger charge is -2.08. The van der Waals surface area contributed by atoms with E-state index in [1.807, 2.05) is 72.1 Å². The summed E-state index contributed by atoms with van der Waals surface area (Å²) in [7, 11) is 0. The Balaban J connectivity index is 1.58. The molecule has 0 unspecified atom stereocenters. The fraction of sp³-hybridized carbons (Fsp3) is 0.0556. The van der Waals surface area contributed by atoms with Crippen LogP contribution in [-0.2, 0) is 11.2 Å². The second kappa shape index (κ2) is 6.91. The minimum absolute atomic E-state index is 0.00576. The van der Waals surface area contributed by atoms with Gasteiger partial charge in [-0.05, 0) is 47.8 Å². The summed E-state index contributed by atoms with van der Waals surface area (Å²) >= 11 is 1.59. The van der Waals surface area contributed by atoms with Gasteiger partial charge in [0.05, 0.1) is 6.42 Å². The molecule has 0 saturated heterocycles. The van der Waals surface area contributed by atoms with Crippen LogP contribution in [0, 0.1) is 0 Å². The topological polar surface area (TPSA) is 41.1 Å². The van der Waals surface area contributed by atoms with E-state index in [1.54, 1.807) is 11.3 Å². The third-order valence-electron chi connectivity index (χ3n) is 3.15. The van der Waals surface area contributed by atoms with Crippen molar-refractivity contribution < 1.29 is 4.79 Å². The van der Waals surface area contributed by atoms with Gasteiger partial charge >= 0.3 is 0 Å². The van der Waals surface area contributed by atoms with Crippen LogP contribution in [0.2, 0.25) is 0 Å². The second-order valence-electron chi connectivity index (χ2n) is 4.87. The van der Waals surface area contributed by atoms with Gasteiger partial charge in [-0.3, -0.25) is 4.79 Å². The van der Waals surface area contributed by atoms with Crippen LogP contribution in [0.5, 0.6) is 0 Å². The molecule has 0 aliphatic rings. The fourth-order valence-corrected chi connectivity index (χ4v) is 2.81. The van der Waals surface area contributed by atoms with E-state index < -0.39 is 0 Å². The number of hydrogen-bond acceptors (Lipinski definition) is 3. The summed E-state index contributed by atoms with van der Waals surface area (Å²) in [5, 5.41) is 8.20. The van der Waals surface area contributed by atoms with Crippen molar-refractivity contribution in [2.24, 2.45) is 0 Å². The Morgan fingerprint density at radius 2 is 1.50 bits per heavy atom. The summed E-state index contributed by atoms with van der Waals surface area (Å²) in [6, 6.07) is 21.6. The quantitative estimate of drug-likeness (QED) is 0.719. The van der Waals surface area contributed by atoms with Gasteiger partial charge in [-0.15, -0.1) is 11.3 Å². The predicted molar refractivity (Wildman–Crippen MR) is 92.8 cm³/mol. The first kappa shape index (κ1) is 14.4. The van der Waals surface area contributed by atoms with Crippen molar-refractivity contribution in [1.82, 2.24) is 0 Å². The normalized spacial score (nSPS) is 10.2. The van der Waals surface area contributed by atoms with Crippen LogP contribution in [0.1, 0.15) is 4.88 Å². The van der Waals surface area contributed by atoms with Crippen molar-refractivity contribution in [3.05, 3.63) is 77.0 Å². The average Bonchev–Trinajstić information content (AvgIpc) is 3.03. The molecule has 110 valence electrons. The van der Waals surface area contributed by atoms with Gasteiger partial charge in [-0.1, -0.05) is 24.3 Å². The molecule has 0 atom stereocenters. The molecular weight excluding hydrogens is 292 g/mol. The number of anilines is 3. The van der Waals surface area contributed by atoms with Crippen molar-refractivity contribution >= 4 is 34.3 Å². The molecule has 0 aliphatic carbocycles. The van der Waals surface area contributed by atoms with Gasteiger partial charge in [-0.25, -0.2) is 0 Å². The summed E-state index contributed by atoms with van der Waals surface area (Å²) in [6.07, 6.45) is 0.418. The summed E-state index contributed by atoms with van der Waals surface area (Å²) in [5.41, 5.74) is 2.83. The van der Waals surface area contributed by atoms with Crippen LogP contribution < -0.4 is 10.6 Å². The number of carbonyl (C=O) groups is 1. The van der Waals surface area contributed by atoms with Crippen LogP contribution in [0.15, 0.2) is 72.1 Å². The highest BCUT2D eigenvalue weighted by Crippen LogP contribution is 2.19. The largest absolute Gasteiger partial charge is 0.356 e. The molecule has 0 bridgehead atoms. The van der Waals surface area contributed by atoms with Gasteiger partial charge in [0.25, 0.3) is 0 Å². The van der Waals surface area contributed by atoms with Gasteiger partial charge in [0.15, 0.2) is 0 Å². The first-order chi connectivity index (χ1) is 10.8. The zero-order valence-corrected chi connectivity index (χ0v) is 12.8. The molecule has 2 N–H and O–H groups in total. The summed E-state index contributed by atoms with van der Waals surface area (Å²) in [5.74, 6) is 0.00576. The Bertz CT molecular complexity index is 722. The standard InChI is InChI=1S/C18H16N2OS/c21-18(13-17-7-4-12-22-17)20-16-10-8-15(9-11-16)19-14-5-2-1-3-6-14/h1-12,19H,13H2,(H,20,21). The van der Waals surface area contributed by atoms with Gasteiger partial charge in [-0.2, -0.15) is 0 Å². The van der Waals surface area contributed by atoms with Crippen molar-refractivity contribution in [2.75, 3.05) is 10.6 Å². The van der Waals surface area contributed by atoms with Crippen molar-refractivity contribution in [2.45, 2.75) is 6.42 Å². The number of rotatable bonds is 5. The smallest absolute Gasteiger partial charge is 0.229 e. The molecule has 1 aromatic heterocycles. The van der Waals surface area contributed by atoms with Crippen LogP contribution in [0.3, 0.4) is 0 Å². The lowest BCUT2D eigenvalue weighted by Crippen LogP contribution is -2.13. The van der Waals surface area contributed by atoms with E-state index in [1.165, 1.54) is 0 Å². The van der Waals surface area contributed by atoms with Crippen LogP contribution in [-0.4, -0.2) is 5.91 Å². The Hall–Kier alpha value is -2.59. The lowest BCUT2D eigenvalue weighted by atomic mass is 10.2. The fourth-order valence-electron chi connectivity index (χ4n) is 2.10. The molecule has 2 aromatic carbocycles. The number of amides is 1. The third kappa shape index (κ3) is 3.96. The Kier molecular flexibility index (Phi) is 4.51. The number of hydrogen-bond donors (Lipinski definition) is 2. The highest BCUT2D eigenvalue weighted by atomic mass is 32.1. The predicted octanol–water partition coefficient (Wildman–Crippen LogP) is 4.67. The van der Waals surface area contributed by atoms with E-state index in [4.69, 9.17) is 0 Å². The Morgan fingerprint density at radius 1 is 0.818 bits per heavy atom. The molecule has 0 aliphatic heterocycles. The van der Waals surface area contributed by atoms with Crippen LogP contribution >= 0.6 is 11.3 Å². The molecule has 0 spiro atoms. The van der Waals surface area contributed by atoms with Crippen molar-refractivity contribution in [3.8, 4) is 0 Å². The molecule has 0 fully saturated rings. The van der Waals surface area contributed by atoms with Gasteiger partial charge in [0, 0.05) is 21.9 Å². The number of nitrogens with one attached hydrogen (secondary N) is 2. The van der Waals surface area contributed by atoms with Crippen molar-refractivity contribution in [1.29, 1.82) is 0 Å². The highest BCUT2D eigenvalue weighted by molar-refractivity contribution is 7.10. The number of thiophene rings is 1. The Morgan fingerprint density at radius 3 is 2.18 bits per heavy atom. The van der Waals surface area contributed by atoms with Gasteiger partial charge in [0.1, 0.15) is 0 Å². The molecule has 1 amide bonds. The molecule has 1 heterocycles. The SMILES string of the molecule is O=C(Cc1cccs1)Nc1ccc(Nc2ccccc2)cc1. The maximum atomic E-state index is 11.9. The maximum absolute atomic E-state index is 11.9. The van der Waals surface area contributed by atoms with Crippen LogP contribution in [0.25, 0.3) is 0 Å². The number of carbonyl (C=O) groups excluding carboxylic acids is 1. The first-order valence-corrected chi connectivity index (χ1v) is 7.92. The molecular formula is C18H16N2OS. The van der Waals surface area contributed by atoms with E-state index in [2.05, 4.69) is 10.6 Å². The highest BCUT2D eigenvalue weighted by Gasteiger charge is 2.04. The summed E-state index contributed by atoms with van der Waals surface area (Å²) < 4.78 is 0. The van der Waals surface area contributed by atoms with Crippen molar-refractivity contribution in [3.63, 3.8) is 0 Å². The molecule has 3 rings (SSSR count). The number of para-hydroxylation sites is 1. The molecule has 4 heteroatoms. The lowest BCUT2D eigenvalue weighted by molar-refractivity contribution is -0.115. The molecule has 3 nitrogen and oxygen atoms in total. The molecule has 0 radical (unpaired) electrons. The zero-order valence-electron chi connectivity index (χ0n) is 12.0. The first-order valence-electron chi connectivity index (χ1n) is 7.04. The van der Waals surface area contributed by atoms with Gasteiger partial charge < -0.3 is 10.6 Å². The minimum atomic E-state index is 0.00576. The maximum Gasteiger partial charge on any atom is 0.229 e. The van der Waals surface area contributed by atoms with E-state index >= 15 is 0 Å². The summed E-state index contributed by atoms with van der Waals surface area (Å²) in [4.78, 5) is 13.0. The van der Waals surface area contributed by atoms with Gasteiger partial charge in [0.2, 0.25) is 5.91 Å². The zero-order chi connectivity index (χ0) is 15.2. The van der Waals surface area contributed by atoms with Crippen LogP contribution in [0.4, 0.5) is 17.1 Å². The number of benzene rings is 2. The minimum Gasteiger partial charge on any atom is -0.356 e. The monoisotopic (exact) mass is 308 g/mol. The van der Waals surface area contributed by atoms with E-state index in [9.17, 15) is 4.79 Å². The summed E-state index contributed by atoms with van der Waals surface area (Å²) in [6.45, 7) is 0. The van der Waals surface area contributed by atoms with E-state index in [0.29, 0.717) is 6.42 Å². The average molecular weight is 308 g/mol. The molecule has 3 aromatic rings. The third-order valence-corrected chi connectivity index (χ3v) is 4.02. The van der Waals surface area contributed by atoms with E-state index in [-0.39, 0.29) is 5.91 Å². The molecule has 22 heavy (non-hydrogen) atoms. The molecule has 0 saturated carbocycles. The second-order valence-corrected chi connectivity index (χ2v) is 5.90. The van der Waals surface area contributed by atoms with E-state index in [0.717, 1.165) is 21.9 Å².